The van der Waals surface area contributed by atoms with Crippen LogP contribution in [0.2, 0.25) is 0 Å². The maximum absolute atomic E-state index is 12.4. The molecule has 2 amide bonds. The van der Waals surface area contributed by atoms with Crippen LogP contribution in [-0.4, -0.2) is 59.8 Å². The zero-order valence-corrected chi connectivity index (χ0v) is 16.2. The second-order valence-corrected chi connectivity index (χ2v) is 7.59. The molecule has 0 aromatic heterocycles. The van der Waals surface area contributed by atoms with Crippen molar-refractivity contribution in [3.05, 3.63) is 0 Å². The van der Waals surface area contributed by atoms with Gasteiger partial charge in [-0.2, -0.15) is 0 Å². The fraction of sp³-hybridized carbons (Fsp3) is 0.857. The Kier molecular flexibility index (Phi) is 8.87. The highest BCUT2D eigenvalue weighted by molar-refractivity contribution is 6.21. The molecule has 3 aliphatic rings. The third-order valence-electron chi connectivity index (χ3n) is 4.75. The number of hydrogen-bond donors (Lipinski definition) is 4. The number of amides is 2. The average Bonchev–Trinajstić information content (AvgIpc) is 2.51. The Morgan fingerprint density at radius 3 is 1.38 bits per heavy atom. The van der Waals surface area contributed by atoms with Crippen LogP contribution in [0.1, 0.15) is 25.7 Å². The predicted octanol–water partition coefficient (Wildman–Crippen LogP) is 0.532. The number of carbonyl (C=O) groups is 2. The molecule has 6 atom stereocenters. The van der Waals surface area contributed by atoms with E-state index in [1.165, 1.54) is 0 Å². The van der Waals surface area contributed by atoms with E-state index in [2.05, 4.69) is 21.3 Å². The Balaban J connectivity index is 0.00000144. The highest BCUT2D eigenvalue weighted by atomic mass is 35.5. The molecule has 6 nitrogen and oxygen atoms in total. The van der Waals surface area contributed by atoms with Crippen molar-refractivity contribution in [2.45, 2.75) is 60.6 Å². The summed E-state index contributed by atoms with van der Waals surface area (Å²) in [6.45, 7) is 1.33. The Morgan fingerprint density at radius 1 is 0.708 bits per heavy atom. The summed E-state index contributed by atoms with van der Waals surface area (Å²) in [5.41, 5.74) is 0. The maximum Gasteiger partial charge on any atom is 0.244 e. The lowest BCUT2D eigenvalue weighted by molar-refractivity contribution is -0.138. The molecule has 10 heteroatoms. The van der Waals surface area contributed by atoms with Gasteiger partial charge in [0.05, 0.1) is 0 Å². The van der Waals surface area contributed by atoms with Crippen LogP contribution in [0, 0.1) is 0 Å². The van der Waals surface area contributed by atoms with Crippen LogP contribution in [-0.2, 0) is 9.59 Å². The molecule has 0 bridgehead atoms. The van der Waals surface area contributed by atoms with Crippen LogP contribution in [0.5, 0.6) is 0 Å². The highest BCUT2D eigenvalue weighted by Gasteiger charge is 2.42. The van der Waals surface area contributed by atoms with Gasteiger partial charge in [-0.05, 0) is 25.7 Å². The summed E-state index contributed by atoms with van der Waals surface area (Å²) in [7, 11) is 0. The summed E-state index contributed by atoms with van der Waals surface area (Å²) in [5, 5.41) is 12.5. The van der Waals surface area contributed by atoms with Crippen LogP contribution in [0.25, 0.3) is 0 Å². The zero-order valence-electron chi connectivity index (χ0n) is 13.1. The molecule has 0 radical (unpaired) electrons. The molecule has 140 valence electrons. The molecule has 3 rings (SSSR count). The summed E-state index contributed by atoms with van der Waals surface area (Å²) in [5.74, 6) is -0.241. The molecule has 0 spiro atoms. The Bertz CT molecular complexity index is 400. The van der Waals surface area contributed by atoms with E-state index in [0.717, 1.165) is 25.7 Å². The van der Waals surface area contributed by atoms with E-state index in [0.29, 0.717) is 13.1 Å². The second-order valence-electron chi connectivity index (χ2n) is 6.35. The lowest BCUT2D eigenvalue weighted by atomic mass is 9.91. The summed E-state index contributed by atoms with van der Waals surface area (Å²) in [6, 6.07) is -1.13. The van der Waals surface area contributed by atoms with E-state index < -0.39 is 12.1 Å². The largest absolute Gasteiger partial charge is 0.341 e. The molecule has 0 aliphatic carbocycles. The van der Waals surface area contributed by atoms with Gasteiger partial charge in [0.1, 0.15) is 12.1 Å². The molecular weight excluding hydrogens is 398 g/mol. The third kappa shape index (κ3) is 5.02. The summed E-state index contributed by atoms with van der Waals surface area (Å²) in [6.07, 6.45) is 3.27. The highest BCUT2D eigenvalue weighted by Crippen LogP contribution is 2.20. The first-order valence-corrected chi connectivity index (χ1v) is 8.77. The molecule has 3 fully saturated rings. The van der Waals surface area contributed by atoms with E-state index in [4.69, 9.17) is 23.2 Å². The molecule has 24 heavy (non-hydrogen) atoms. The normalized spacial score (nSPS) is 39.8. The lowest BCUT2D eigenvalue weighted by Gasteiger charge is -2.40. The Labute approximate surface area is 164 Å². The Morgan fingerprint density at radius 2 is 1.08 bits per heavy atom. The molecule has 4 N–H and O–H groups in total. The van der Waals surface area contributed by atoms with Gasteiger partial charge in [0.25, 0.3) is 0 Å². The van der Waals surface area contributed by atoms with Crippen LogP contribution >= 0.6 is 48.0 Å². The second kappa shape index (κ2) is 9.64. The van der Waals surface area contributed by atoms with Crippen molar-refractivity contribution in [2.24, 2.45) is 0 Å². The topological polar surface area (TPSA) is 82.3 Å². The minimum Gasteiger partial charge on any atom is -0.341 e. The fourth-order valence-electron chi connectivity index (χ4n) is 3.44. The first-order chi connectivity index (χ1) is 10.5. The Hall–Kier alpha value is 0.0200. The van der Waals surface area contributed by atoms with Gasteiger partial charge in [0, 0.05) is 35.9 Å². The smallest absolute Gasteiger partial charge is 0.244 e. The molecule has 3 saturated heterocycles. The monoisotopic (exact) mass is 420 g/mol. The summed E-state index contributed by atoms with van der Waals surface area (Å²) >= 11 is 12.1. The lowest BCUT2D eigenvalue weighted by Crippen LogP contribution is -2.71. The van der Waals surface area contributed by atoms with Crippen molar-refractivity contribution in [3.63, 3.8) is 0 Å². The number of nitrogens with one attached hydrogen (secondary N) is 4. The molecule has 6 unspecified atom stereocenters. The van der Waals surface area contributed by atoms with E-state index in [-0.39, 0.29) is 59.5 Å². The van der Waals surface area contributed by atoms with E-state index in [9.17, 15) is 9.59 Å². The molecule has 3 aliphatic heterocycles. The molecule has 0 aromatic rings. The number of piperazine rings is 1. The van der Waals surface area contributed by atoms with Gasteiger partial charge < -0.3 is 21.3 Å². The number of rotatable bonds is 2. The van der Waals surface area contributed by atoms with Gasteiger partial charge >= 0.3 is 0 Å². The molecular formula is C14H24Cl4N4O2. The van der Waals surface area contributed by atoms with Gasteiger partial charge in [-0.25, -0.2) is 0 Å². The van der Waals surface area contributed by atoms with Gasteiger partial charge in [0.15, 0.2) is 0 Å². The van der Waals surface area contributed by atoms with Crippen LogP contribution in [0.15, 0.2) is 0 Å². The first kappa shape index (κ1) is 22.1. The van der Waals surface area contributed by atoms with Crippen molar-refractivity contribution in [3.8, 4) is 0 Å². The quantitative estimate of drug-likeness (QED) is 0.490. The SMILES string of the molecule is Cl.Cl.O=C1NC(C2CCC(Cl)CN2)C(=O)NC1C1CCC(Cl)CN1. The van der Waals surface area contributed by atoms with Crippen LogP contribution in [0.4, 0.5) is 0 Å². The van der Waals surface area contributed by atoms with E-state index >= 15 is 0 Å². The standard InChI is InChI=1S/C14H22Cl2N4O2.2ClH/c15-7-1-3-9(17-5-7)11-13(21)20-12(14(22)19-11)10-4-2-8(16)6-18-10;;/h7-12,17-18H,1-6H2,(H,19,22)(H,20,21);2*1H. The summed E-state index contributed by atoms with van der Waals surface area (Å²) in [4.78, 5) is 24.8. The van der Waals surface area contributed by atoms with E-state index in [1.807, 2.05) is 0 Å². The summed E-state index contributed by atoms with van der Waals surface area (Å²) < 4.78 is 0. The minimum absolute atomic E-state index is 0. The van der Waals surface area contributed by atoms with Gasteiger partial charge in [-0.3, -0.25) is 9.59 Å². The molecule has 0 aromatic carbocycles. The van der Waals surface area contributed by atoms with Crippen molar-refractivity contribution >= 4 is 59.8 Å². The third-order valence-corrected chi connectivity index (χ3v) is 5.50. The van der Waals surface area contributed by atoms with E-state index in [1.54, 1.807) is 0 Å². The van der Waals surface area contributed by atoms with Crippen molar-refractivity contribution in [1.82, 2.24) is 21.3 Å². The van der Waals surface area contributed by atoms with Crippen LogP contribution in [0.3, 0.4) is 0 Å². The number of carbonyl (C=O) groups excluding carboxylic acids is 2. The van der Waals surface area contributed by atoms with Crippen molar-refractivity contribution < 1.29 is 9.59 Å². The van der Waals surface area contributed by atoms with Gasteiger partial charge in [-0.15, -0.1) is 48.0 Å². The van der Waals surface area contributed by atoms with Crippen molar-refractivity contribution in [1.29, 1.82) is 0 Å². The fourth-order valence-corrected chi connectivity index (χ4v) is 3.87. The van der Waals surface area contributed by atoms with Gasteiger partial charge in [-0.1, -0.05) is 0 Å². The van der Waals surface area contributed by atoms with Gasteiger partial charge in [0.2, 0.25) is 11.8 Å². The minimum atomic E-state index is -0.516. The predicted molar refractivity (Wildman–Crippen MR) is 99.7 cm³/mol. The zero-order chi connectivity index (χ0) is 15.7. The number of halogens is 4. The molecule has 3 heterocycles. The van der Waals surface area contributed by atoms with Crippen LogP contribution < -0.4 is 21.3 Å². The van der Waals surface area contributed by atoms with Crippen molar-refractivity contribution in [2.75, 3.05) is 13.1 Å². The number of alkyl halides is 2. The number of piperidine rings is 2. The number of hydrogen-bond acceptors (Lipinski definition) is 4. The first-order valence-electron chi connectivity index (χ1n) is 7.90. The molecule has 0 saturated carbocycles. The average molecular weight is 422 g/mol. The maximum atomic E-state index is 12.4.